The summed E-state index contributed by atoms with van der Waals surface area (Å²) in [6, 6.07) is 13.5. The number of benzene rings is 2. The number of anilines is 1. The molecule has 0 atom stereocenters. The van der Waals surface area contributed by atoms with Crippen LogP contribution in [0.4, 0.5) is 10.1 Å². The van der Waals surface area contributed by atoms with Crippen LogP contribution < -0.4 is 5.32 Å². The van der Waals surface area contributed by atoms with Crippen LogP contribution in [0.3, 0.4) is 0 Å². The molecular formula is C20H19FN2O3. The second-order valence-electron chi connectivity index (χ2n) is 5.80. The summed E-state index contributed by atoms with van der Waals surface area (Å²) in [5.74, 6) is 0.593. The molecule has 1 heterocycles. The lowest BCUT2D eigenvalue weighted by Crippen LogP contribution is -2.12. The highest BCUT2D eigenvalue weighted by Gasteiger charge is 2.09. The van der Waals surface area contributed by atoms with E-state index in [1.807, 2.05) is 24.3 Å². The van der Waals surface area contributed by atoms with Gasteiger partial charge in [0.1, 0.15) is 5.82 Å². The van der Waals surface area contributed by atoms with Crippen LogP contribution >= 0.6 is 0 Å². The highest BCUT2D eigenvalue weighted by atomic mass is 19.1. The Kier molecular flexibility index (Phi) is 5.76. The van der Waals surface area contributed by atoms with Crippen LogP contribution in [0.2, 0.25) is 0 Å². The van der Waals surface area contributed by atoms with E-state index in [1.165, 1.54) is 12.1 Å². The number of carbonyl (C=O) groups excluding carboxylic acids is 1. The highest BCUT2D eigenvalue weighted by Crippen LogP contribution is 2.21. The smallest absolute Gasteiger partial charge is 0.224 e. The zero-order valence-electron chi connectivity index (χ0n) is 14.4. The molecule has 3 aromatic rings. The molecule has 134 valence electrons. The molecule has 0 saturated carbocycles. The Balaban J connectivity index is 1.52. The van der Waals surface area contributed by atoms with Crippen LogP contribution in [0.5, 0.6) is 0 Å². The topological polar surface area (TPSA) is 64.4 Å². The molecule has 6 heteroatoms. The van der Waals surface area contributed by atoms with Crippen molar-refractivity contribution in [3.05, 3.63) is 72.0 Å². The lowest BCUT2D eigenvalue weighted by molar-refractivity contribution is -0.116. The van der Waals surface area contributed by atoms with Gasteiger partial charge in [0.15, 0.2) is 11.7 Å². The van der Waals surface area contributed by atoms with Crippen LogP contribution in [0.1, 0.15) is 17.9 Å². The predicted octanol–water partition coefficient (Wildman–Crippen LogP) is 4.20. The number of hydrogen-bond donors (Lipinski definition) is 1. The van der Waals surface area contributed by atoms with Crippen molar-refractivity contribution in [1.29, 1.82) is 0 Å². The first-order chi connectivity index (χ1) is 12.6. The largest absolute Gasteiger partial charge is 0.441 e. The number of oxazole rings is 1. The van der Waals surface area contributed by atoms with E-state index in [0.717, 1.165) is 16.8 Å². The first-order valence-electron chi connectivity index (χ1n) is 8.22. The number of nitrogens with one attached hydrogen (secondary N) is 1. The number of rotatable bonds is 7. The Morgan fingerprint density at radius 2 is 1.88 bits per heavy atom. The van der Waals surface area contributed by atoms with Crippen LogP contribution in [0.15, 0.2) is 59.1 Å². The summed E-state index contributed by atoms with van der Waals surface area (Å²) >= 11 is 0. The molecule has 5 nitrogen and oxygen atoms in total. The molecule has 2 aromatic carbocycles. The van der Waals surface area contributed by atoms with E-state index >= 15 is 0 Å². The molecule has 0 aliphatic carbocycles. The molecule has 1 N–H and O–H groups in total. The Hall–Kier alpha value is -2.99. The van der Waals surface area contributed by atoms with E-state index in [-0.39, 0.29) is 18.1 Å². The Morgan fingerprint density at radius 1 is 1.15 bits per heavy atom. The Labute approximate surface area is 150 Å². The molecule has 26 heavy (non-hydrogen) atoms. The maximum Gasteiger partial charge on any atom is 0.224 e. The molecular weight excluding hydrogens is 335 g/mol. The number of carbonyl (C=O) groups is 1. The molecule has 1 aromatic heterocycles. The van der Waals surface area contributed by atoms with Crippen molar-refractivity contribution in [2.75, 3.05) is 12.4 Å². The minimum Gasteiger partial charge on any atom is -0.441 e. The lowest BCUT2D eigenvalue weighted by Gasteiger charge is -2.05. The van der Waals surface area contributed by atoms with Gasteiger partial charge in [0.25, 0.3) is 0 Å². The minimum absolute atomic E-state index is 0.119. The van der Waals surface area contributed by atoms with Gasteiger partial charge < -0.3 is 14.5 Å². The monoisotopic (exact) mass is 354 g/mol. The van der Waals surface area contributed by atoms with E-state index in [1.54, 1.807) is 25.4 Å². The van der Waals surface area contributed by atoms with E-state index < -0.39 is 0 Å². The van der Waals surface area contributed by atoms with Crippen molar-refractivity contribution < 1.29 is 18.3 Å². The van der Waals surface area contributed by atoms with E-state index in [4.69, 9.17) is 9.15 Å². The van der Waals surface area contributed by atoms with Crippen molar-refractivity contribution in [2.45, 2.75) is 19.4 Å². The molecule has 0 bridgehead atoms. The molecule has 0 aliphatic rings. The summed E-state index contributed by atoms with van der Waals surface area (Å²) in [7, 11) is 1.64. The number of hydrogen-bond acceptors (Lipinski definition) is 4. The van der Waals surface area contributed by atoms with Gasteiger partial charge in [0, 0.05) is 31.2 Å². The van der Waals surface area contributed by atoms with Crippen molar-refractivity contribution in [3.63, 3.8) is 0 Å². The van der Waals surface area contributed by atoms with Crippen LogP contribution in [0.25, 0.3) is 11.3 Å². The van der Waals surface area contributed by atoms with Crippen LogP contribution in [0, 0.1) is 5.82 Å². The number of ether oxygens (including phenoxy) is 1. The Bertz CT molecular complexity index is 858. The van der Waals surface area contributed by atoms with Gasteiger partial charge in [0.2, 0.25) is 5.91 Å². The molecule has 0 fully saturated rings. The number of methoxy groups -OCH3 is 1. The lowest BCUT2D eigenvalue weighted by atomic mass is 10.2. The van der Waals surface area contributed by atoms with Crippen molar-refractivity contribution in [3.8, 4) is 11.3 Å². The summed E-state index contributed by atoms with van der Waals surface area (Å²) in [6.45, 7) is 0.536. The third-order valence-corrected chi connectivity index (χ3v) is 3.80. The summed E-state index contributed by atoms with van der Waals surface area (Å²) in [5.41, 5.74) is 2.51. The SMILES string of the molecule is COCc1ccc(NC(=O)CCc2ncc(-c3ccc(F)cc3)o2)cc1. The van der Waals surface area contributed by atoms with Gasteiger partial charge in [-0.25, -0.2) is 9.37 Å². The van der Waals surface area contributed by atoms with E-state index in [0.29, 0.717) is 24.7 Å². The first-order valence-corrected chi connectivity index (χ1v) is 8.22. The van der Waals surface area contributed by atoms with Gasteiger partial charge in [-0.1, -0.05) is 12.1 Å². The molecule has 1 amide bonds. The molecule has 0 spiro atoms. The van der Waals surface area contributed by atoms with E-state index in [2.05, 4.69) is 10.3 Å². The third kappa shape index (κ3) is 4.77. The van der Waals surface area contributed by atoms with Gasteiger partial charge in [0.05, 0.1) is 12.8 Å². The molecule has 0 saturated heterocycles. The zero-order valence-corrected chi connectivity index (χ0v) is 14.4. The second-order valence-corrected chi connectivity index (χ2v) is 5.80. The molecule has 0 radical (unpaired) electrons. The van der Waals surface area contributed by atoms with Gasteiger partial charge in [-0.2, -0.15) is 0 Å². The third-order valence-electron chi connectivity index (χ3n) is 3.80. The van der Waals surface area contributed by atoms with Crippen LogP contribution in [-0.2, 0) is 22.6 Å². The number of nitrogens with zero attached hydrogens (tertiary/aromatic N) is 1. The summed E-state index contributed by atoms with van der Waals surface area (Å²) in [6.07, 6.45) is 2.22. The average molecular weight is 354 g/mol. The first kappa shape index (κ1) is 17.8. The van der Waals surface area contributed by atoms with Gasteiger partial charge in [-0.3, -0.25) is 4.79 Å². The van der Waals surface area contributed by atoms with Gasteiger partial charge in [-0.15, -0.1) is 0 Å². The fraction of sp³-hybridized carbons (Fsp3) is 0.200. The maximum absolute atomic E-state index is 13.0. The number of amides is 1. The van der Waals surface area contributed by atoms with Crippen LogP contribution in [-0.4, -0.2) is 18.0 Å². The van der Waals surface area contributed by atoms with Crippen molar-refractivity contribution in [2.24, 2.45) is 0 Å². The number of aromatic nitrogens is 1. The number of halogens is 1. The number of aryl methyl sites for hydroxylation is 1. The summed E-state index contributed by atoms with van der Waals surface area (Å²) < 4.78 is 23.6. The minimum atomic E-state index is -0.305. The normalized spacial score (nSPS) is 10.7. The zero-order chi connectivity index (χ0) is 18.4. The van der Waals surface area contributed by atoms with Crippen molar-refractivity contribution in [1.82, 2.24) is 4.98 Å². The summed E-state index contributed by atoms with van der Waals surface area (Å²) in [4.78, 5) is 16.2. The maximum atomic E-state index is 13.0. The Morgan fingerprint density at radius 3 is 2.58 bits per heavy atom. The van der Waals surface area contributed by atoms with Crippen molar-refractivity contribution >= 4 is 11.6 Å². The van der Waals surface area contributed by atoms with E-state index in [9.17, 15) is 9.18 Å². The second kappa shape index (κ2) is 8.40. The average Bonchev–Trinajstić information content (AvgIpc) is 3.11. The van der Waals surface area contributed by atoms with Gasteiger partial charge >= 0.3 is 0 Å². The standard InChI is InChI=1S/C20H19FN2O3/c1-25-13-14-2-8-17(9-3-14)23-19(24)10-11-20-22-12-18(26-20)15-4-6-16(21)7-5-15/h2-9,12H,10-11,13H2,1H3,(H,23,24). The fourth-order valence-electron chi connectivity index (χ4n) is 2.47. The quantitative estimate of drug-likeness (QED) is 0.691. The molecule has 0 unspecified atom stereocenters. The summed E-state index contributed by atoms with van der Waals surface area (Å²) in [5, 5.41) is 2.84. The van der Waals surface area contributed by atoms with Gasteiger partial charge in [-0.05, 0) is 42.0 Å². The molecule has 0 aliphatic heterocycles. The predicted molar refractivity (Wildman–Crippen MR) is 96.0 cm³/mol. The molecule has 3 rings (SSSR count). The fourth-order valence-corrected chi connectivity index (χ4v) is 2.47. The highest BCUT2D eigenvalue weighted by molar-refractivity contribution is 5.90.